The zero-order valence-electron chi connectivity index (χ0n) is 24.9. The zero-order valence-corrected chi connectivity index (χ0v) is 26.5. The number of halogens is 1. The number of ether oxygens (including phenoxy) is 1. The van der Waals surface area contributed by atoms with Crippen LogP contribution in [-0.2, 0) is 19.1 Å². The maximum Gasteiger partial charge on any atom is 0.249 e. The first-order chi connectivity index (χ1) is 18.0. The molecular weight excluding hydrogens is 562 g/mol. The molecule has 3 fully saturated rings. The average Bonchev–Trinajstić information content (AvgIpc) is 3.39. The Morgan fingerprint density at radius 2 is 1.77 bits per heavy atom. The Labute approximate surface area is 242 Å². The van der Waals surface area contributed by atoms with Crippen LogP contribution in [0.15, 0.2) is 25.3 Å². The van der Waals surface area contributed by atoms with Gasteiger partial charge < -0.3 is 24.5 Å². The van der Waals surface area contributed by atoms with Gasteiger partial charge in [-0.1, -0.05) is 62.7 Å². The monoisotopic (exact) mass is 609 g/mol. The Morgan fingerprint density at radius 1 is 1.18 bits per heavy atom. The van der Waals surface area contributed by atoms with Crippen LogP contribution in [0.2, 0.25) is 0 Å². The van der Waals surface area contributed by atoms with Gasteiger partial charge in [-0.15, -0.1) is 13.2 Å². The zero-order chi connectivity index (χ0) is 29.7. The van der Waals surface area contributed by atoms with Gasteiger partial charge in [0.05, 0.1) is 30.6 Å². The van der Waals surface area contributed by atoms with E-state index in [1.165, 1.54) is 0 Å². The molecule has 9 heteroatoms. The molecule has 0 aliphatic carbocycles. The standard InChI is InChI=1S/C30H48BrN3O5/c1-11-13-32(10)25(36)21-22-26(37)34(20(16-35)18(3)4)24(30(22)15-19(31)23(21)39-30)27(38)33(14-12-2)29(8,9)17-28(5,6)7/h11-12,18-24,35H,1-2,13-17H2,3-10H3/t19?,20-,21+,22-,23+,24?,30?/m0/s1. The predicted molar refractivity (Wildman–Crippen MR) is 156 cm³/mol. The molecule has 3 unspecified atom stereocenters. The number of hydrogen-bond donors (Lipinski definition) is 1. The van der Waals surface area contributed by atoms with Gasteiger partial charge in [0.15, 0.2) is 0 Å². The van der Waals surface area contributed by atoms with Crippen LogP contribution in [0, 0.1) is 23.2 Å². The first-order valence-electron chi connectivity index (χ1n) is 14.0. The van der Waals surface area contributed by atoms with Crippen molar-refractivity contribution in [2.24, 2.45) is 23.2 Å². The third-order valence-corrected chi connectivity index (χ3v) is 9.46. The number of amides is 3. The van der Waals surface area contributed by atoms with E-state index in [4.69, 9.17) is 4.74 Å². The molecule has 39 heavy (non-hydrogen) atoms. The van der Waals surface area contributed by atoms with Crippen LogP contribution in [0.5, 0.6) is 0 Å². The van der Waals surface area contributed by atoms with Gasteiger partial charge in [-0.25, -0.2) is 0 Å². The molecule has 0 aromatic heterocycles. The van der Waals surface area contributed by atoms with E-state index in [0.29, 0.717) is 19.5 Å². The van der Waals surface area contributed by atoms with Crippen LogP contribution in [-0.4, -0.2) is 98.4 Å². The highest BCUT2D eigenvalue weighted by Crippen LogP contribution is 2.61. The fourth-order valence-corrected chi connectivity index (χ4v) is 8.39. The van der Waals surface area contributed by atoms with Crippen molar-refractivity contribution in [3.05, 3.63) is 25.3 Å². The summed E-state index contributed by atoms with van der Waals surface area (Å²) in [5, 5.41) is 10.5. The number of carbonyl (C=O) groups is 3. The van der Waals surface area contributed by atoms with E-state index in [2.05, 4.69) is 49.9 Å². The first kappa shape index (κ1) is 31.8. The SMILES string of the molecule is C=CCN(C)C(=O)[C@H]1[C@@H]2OC3(CC2Br)C(C(=O)N(CC=C)C(C)(C)CC(C)(C)C)N([C@@H](CO)C(C)C)C(=O)[C@H]13. The largest absolute Gasteiger partial charge is 0.394 e. The lowest BCUT2D eigenvalue weighted by molar-refractivity contribution is -0.156. The number of alkyl halides is 1. The Hall–Kier alpha value is -1.71. The van der Waals surface area contributed by atoms with Crippen LogP contribution < -0.4 is 0 Å². The molecule has 3 aliphatic heterocycles. The molecule has 3 rings (SSSR count). The summed E-state index contributed by atoms with van der Waals surface area (Å²) in [6.07, 6.45) is 3.98. The lowest BCUT2D eigenvalue weighted by Crippen LogP contribution is -2.63. The number of nitrogens with zero attached hydrogens (tertiary/aromatic N) is 3. The highest BCUT2D eigenvalue weighted by molar-refractivity contribution is 9.09. The minimum atomic E-state index is -1.18. The highest BCUT2D eigenvalue weighted by Gasteiger charge is 2.77. The molecule has 1 N–H and O–H groups in total. The molecule has 8 nitrogen and oxygen atoms in total. The molecule has 0 aromatic carbocycles. The molecule has 3 heterocycles. The molecule has 1 spiro atoms. The van der Waals surface area contributed by atoms with Crippen molar-refractivity contribution >= 4 is 33.7 Å². The fraction of sp³-hybridized carbons (Fsp3) is 0.767. The molecular formula is C30H48BrN3O5. The molecule has 3 saturated heterocycles. The van der Waals surface area contributed by atoms with Crippen molar-refractivity contribution in [3.63, 3.8) is 0 Å². The summed E-state index contributed by atoms with van der Waals surface area (Å²) in [5.74, 6) is -2.38. The Morgan fingerprint density at radius 3 is 2.26 bits per heavy atom. The number of aliphatic hydroxyl groups excluding tert-OH is 1. The van der Waals surface area contributed by atoms with Crippen LogP contribution in [0.3, 0.4) is 0 Å². The van der Waals surface area contributed by atoms with Gasteiger partial charge in [0.25, 0.3) is 0 Å². The van der Waals surface area contributed by atoms with Crippen molar-refractivity contribution in [3.8, 4) is 0 Å². The molecule has 0 aromatic rings. The Balaban J connectivity index is 2.19. The summed E-state index contributed by atoms with van der Waals surface area (Å²) in [5.41, 5.74) is -1.79. The number of aliphatic hydroxyl groups is 1. The predicted octanol–water partition coefficient (Wildman–Crippen LogP) is 3.63. The first-order valence-corrected chi connectivity index (χ1v) is 14.9. The number of hydrogen-bond acceptors (Lipinski definition) is 5. The maximum absolute atomic E-state index is 14.8. The topological polar surface area (TPSA) is 90.4 Å². The third kappa shape index (κ3) is 5.47. The minimum absolute atomic E-state index is 0.0582. The number of likely N-dealkylation sites (N-methyl/N-ethyl adjacent to an activating group) is 1. The number of rotatable bonds is 11. The van der Waals surface area contributed by atoms with Gasteiger partial charge in [-0.2, -0.15) is 0 Å². The number of likely N-dealkylation sites (tertiary alicyclic amines) is 1. The second kappa shape index (κ2) is 11.3. The summed E-state index contributed by atoms with van der Waals surface area (Å²) in [6.45, 7) is 22.4. The summed E-state index contributed by atoms with van der Waals surface area (Å²) in [4.78, 5) is 47.7. The fourth-order valence-electron chi connectivity index (χ4n) is 7.45. The summed E-state index contributed by atoms with van der Waals surface area (Å²) in [7, 11) is 1.69. The third-order valence-electron chi connectivity index (χ3n) is 8.61. The van der Waals surface area contributed by atoms with E-state index < -0.39 is 41.2 Å². The summed E-state index contributed by atoms with van der Waals surface area (Å²) >= 11 is 3.73. The quantitative estimate of drug-likeness (QED) is 0.285. The van der Waals surface area contributed by atoms with E-state index in [1.54, 1.807) is 33.9 Å². The van der Waals surface area contributed by atoms with Crippen molar-refractivity contribution in [2.45, 2.75) is 95.5 Å². The Bertz CT molecular complexity index is 992. The highest BCUT2D eigenvalue weighted by atomic mass is 79.9. The second-order valence-electron chi connectivity index (χ2n) is 13.7. The van der Waals surface area contributed by atoms with Gasteiger partial charge in [0, 0.05) is 30.5 Å². The summed E-state index contributed by atoms with van der Waals surface area (Å²) in [6, 6.07) is -1.57. The molecule has 220 valence electrons. The van der Waals surface area contributed by atoms with Crippen LogP contribution in [0.4, 0.5) is 0 Å². The van der Waals surface area contributed by atoms with Gasteiger partial charge in [-0.3, -0.25) is 14.4 Å². The molecule has 0 saturated carbocycles. The van der Waals surface area contributed by atoms with Crippen molar-refractivity contribution in [2.75, 3.05) is 26.7 Å². The van der Waals surface area contributed by atoms with E-state index in [0.717, 1.165) is 6.42 Å². The molecule has 0 radical (unpaired) electrons. The average molecular weight is 611 g/mol. The van der Waals surface area contributed by atoms with Crippen LogP contribution in [0.1, 0.15) is 61.3 Å². The van der Waals surface area contributed by atoms with Crippen LogP contribution >= 0.6 is 15.9 Å². The normalized spacial score (nSPS) is 30.9. The number of carbonyl (C=O) groups excluding carboxylic acids is 3. The van der Waals surface area contributed by atoms with Crippen molar-refractivity contribution < 1.29 is 24.2 Å². The van der Waals surface area contributed by atoms with E-state index >= 15 is 0 Å². The van der Waals surface area contributed by atoms with Gasteiger partial charge in [-0.05, 0) is 38.0 Å². The van der Waals surface area contributed by atoms with E-state index in [9.17, 15) is 19.5 Å². The second-order valence-corrected chi connectivity index (χ2v) is 14.9. The lowest BCUT2D eigenvalue weighted by atomic mass is 9.70. The maximum atomic E-state index is 14.8. The number of fused-ring (bicyclic) bond motifs is 1. The van der Waals surface area contributed by atoms with Crippen LogP contribution in [0.25, 0.3) is 0 Å². The minimum Gasteiger partial charge on any atom is -0.394 e. The lowest BCUT2D eigenvalue weighted by Gasteiger charge is -2.47. The smallest absolute Gasteiger partial charge is 0.249 e. The van der Waals surface area contributed by atoms with Crippen molar-refractivity contribution in [1.29, 1.82) is 0 Å². The van der Waals surface area contributed by atoms with Crippen molar-refractivity contribution in [1.82, 2.24) is 14.7 Å². The summed E-state index contributed by atoms with van der Waals surface area (Å²) < 4.78 is 6.67. The van der Waals surface area contributed by atoms with E-state index in [-0.39, 0.29) is 40.5 Å². The molecule has 3 amide bonds. The Kier molecular flexibility index (Phi) is 9.20. The molecule has 7 atom stereocenters. The molecule has 2 bridgehead atoms. The van der Waals surface area contributed by atoms with Gasteiger partial charge >= 0.3 is 0 Å². The molecule has 3 aliphatic rings. The van der Waals surface area contributed by atoms with Gasteiger partial charge in [0.1, 0.15) is 11.6 Å². The van der Waals surface area contributed by atoms with Gasteiger partial charge in [0.2, 0.25) is 17.7 Å². The van der Waals surface area contributed by atoms with E-state index in [1.807, 2.05) is 27.7 Å².